The molecule has 0 spiro atoms. The first-order valence-electron chi connectivity index (χ1n) is 10.3. The van der Waals surface area contributed by atoms with Gasteiger partial charge in [-0.05, 0) is 73.1 Å². The van der Waals surface area contributed by atoms with Crippen molar-refractivity contribution in [2.75, 3.05) is 18.0 Å². The minimum atomic E-state index is 0.705. The summed E-state index contributed by atoms with van der Waals surface area (Å²) < 4.78 is 0. The zero-order valence-corrected chi connectivity index (χ0v) is 17.8. The molecule has 3 heteroatoms. The van der Waals surface area contributed by atoms with Crippen LogP contribution in [0.15, 0.2) is 54.6 Å². The van der Waals surface area contributed by atoms with Gasteiger partial charge in [0, 0.05) is 23.7 Å². The van der Waals surface area contributed by atoms with Crippen LogP contribution in [0.3, 0.4) is 0 Å². The summed E-state index contributed by atoms with van der Waals surface area (Å²) in [5, 5.41) is 11.0. The molecule has 0 aromatic heterocycles. The van der Waals surface area contributed by atoms with E-state index >= 15 is 0 Å². The van der Waals surface area contributed by atoms with E-state index in [1.54, 1.807) is 0 Å². The van der Waals surface area contributed by atoms with Crippen molar-refractivity contribution >= 4 is 17.3 Å². The highest BCUT2D eigenvalue weighted by Crippen LogP contribution is 2.44. The Morgan fingerprint density at radius 1 is 0.793 bits per heavy atom. The molecule has 0 saturated carbocycles. The van der Waals surface area contributed by atoms with Gasteiger partial charge in [-0.3, -0.25) is 0 Å². The van der Waals surface area contributed by atoms with Gasteiger partial charge in [-0.15, -0.1) is 0 Å². The maximum Gasteiger partial charge on any atom is 0.102 e. The molecule has 146 valence electrons. The molecule has 0 aliphatic carbocycles. The number of nitriles is 1. The van der Waals surface area contributed by atoms with Crippen molar-refractivity contribution in [3.63, 3.8) is 0 Å². The molecule has 1 fully saturated rings. The number of rotatable bonds is 3. The van der Waals surface area contributed by atoms with Crippen LogP contribution < -0.4 is 4.90 Å². The Morgan fingerprint density at radius 2 is 1.41 bits per heavy atom. The van der Waals surface area contributed by atoms with Gasteiger partial charge in [-0.2, -0.15) is 5.26 Å². The summed E-state index contributed by atoms with van der Waals surface area (Å²) in [5.74, 6) is 0. The van der Waals surface area contributed by atoms with Crippen molar-refractivity contribution in [3.8, 4) is 28.3 Å². The minimum absolute atomic E-state index is 0.705. The largest absolute Gasteiger partial charge is 0.370 e. The molecule has 1 heterocycles. The SMILES string of the molecule is Cc1c(-c2ccccc2)c(C)c(N2CCCCC2)c(C#N)c1-c1ccc(Cl)cc1. The summed E-state index contributed by atoms with van der Waals surface area (Å²) >= 11 is 6.14. The number of halogens is 1. The predicted octanol–water partition coefficient (Wildman–Crippen LogP) is 7.15. The predicted molar refractivity (Wildman–Crippen MR) is 123 cm³/mol. The lowest BCUT2D eigenvalue weighted by Gasteiger charge is -2.33. The zero-order valence-electron chi connectivity index (χ0n) is 17.0. The van der Waals surface area contributed by atoms with Gasteiger partial charge in [-0.25, -0.2) is 0 Å². The third-order valence-electron chi connectivity index (χ3n) is 5.95. The van der Waals surface area contributed by atoms with Crippen molar-refractivity contribution < 1.29 is 0 Å². The highest BCUT2D eigenvalue weighted by atomic mass is 35.5. The van der Waals surface area contributed by atoms with E-state index in [1.165, 1.54) is 36.0 Å². The summed E-state index contributed by atoms with van der Waals surface area (Å²) in [6.45, 7) is 6.32. The van der Waals surface area contributed by atoms with Gasteiger partial charge in [-0.1, -0.05) is 54.1 Å². The van der Waals surface area contributed by atoms with Gasteiger partial charge in [0.15, 0.2) is 0 Å². The Hall–Kier alpha value is -2.76. The smallest absolute Gasteiger partial charge is 0.102 e. The monoisotopic (exact) mass is 400 g/mol. The second kappa shape index (κ2) is 8.31. The lowest BCUT2D eigenvalue weighted by molar-refractivity contribution is 0.577. The van der Waals surface area contributed by atoms with Crippen molar-refractivity contribution in [3.05, 3.63) is 76.3 Å². The number of piperidine rings is 1. The first-order chi connectivity index (χ1) is 14.1. The molecular weight excluding hydrogens is 376 g/mol. The van der Waals surface area contributed by atoms with Gasteiger partial charge in [0.1, 0.15) is 6.07 Å². The van der Waals surface area contributed by atoms with Crippen molar-refractivity contribution in [1.29, 1.82) is 5.26 Å². The van der Waals surface area contributed by atoms with Crippen LogP contribution in [0, 0.1) is 25.2 Å². The lowest BCUT2D eigenvalue weighted by Crippen LogP contribution is -2.31. The summed E-state index contributed by atoms with van der Waals surface area (Å²) in [7, 11) is 0. The molecule has 0 radical (unpaired) electrons. The molecule has 0 amide bonds. The van der Waals surface area contributed by atoms with Gasteiger partial charge in [0.2, 0.25) is 0 Å². The maximum atomic E-state index is 10.3. The molecule has 0 unspecified atom stereocenters. The third-order valence-corrected chi connectivity index (χ3v) is 6.20. The van der Waals surface area contributed by atoms with E-state index in [0.717, 1.165) is 41.0 Å². The highest BCUT2D eigenvalue weighted by Gasteiger charge is 2.25. The average Bonchev–Trinajstić information content (AvgIpc) is 2.75. The minimum Gasteiger partial charge on any atom is -0.370 e. The lowest BCUT2D eigenvalue weighted by atomic mass is 9.84. The van der Waals surface area contributed by atoms with Crippen LogP contribution in [0.5, 0.6) is 0 Å². The van der Waals surface area contributed by atoms with E-state index < -0.39 is 0 Å². The standard InChI is InChI=1S/C26H25ClN2/c1-18-24(20-9-5-3-6-10-20)19(2)26(29-15-7-4-8-16-29)23(17-28)25(18)21-11-13-22(27)14-12-21/h3,5-6,9-14H,4,7-8,15-16H2,1-2H3. The van der Waals surface area contributed by atoms with E-state index in [2.05, 4.69) is 49.1 Å². The fraction of sp³-hybridized carbons (Fsp3) is 0.269. The highest BCUT2D eigenvalue weighted by molar-refractivity contribution is 6.30. The molecule has 1 saturated heterocycles. The number of anilines is 1. The molecular formula is C26H25ClN2. The molecule has 3 aromatic carbocycles. The number of benzene rings is 3. The van der Waals surface area contributed by atoms with Gasteiger partial charge in [0.25, 0.3) is 0 Å². The quantitative estimate of drug-likeness (QED) is 0.466. The summed E-state index contributed by atoms with van der Waals surface area (Å²) in [6.07, 6.45) is 3.61. The van der Waals surface area contributed by atoms with Crippen LogP contribution in [0.25, 0.3) is 22.3 Å². The molecule has 1 aliphatic rings. The van der Waals surface area contributed by atoms with Crippen molar-refractivity contribution in [2.24, 2.45) is 0 Å². The first-order valence-corrected chi connectivity index (χ1v) is 10.6. The van der Waals surface area contributed by atoms with Gasteiger partial charge >= 0.3 is 0 Å². The molecule has 3 aromatic rings. The number of hydrogen-bond acceptors (Lipinski definition) is 2. The van der Waals surface area contributed by atoms with Crippen LogP contribution in [-0.2, 0) is 0 Å². The van der Waals surface area contributed by atoms with Crippen LogP contribution in [-0.4, -0.2) is 13.1 Å². The zero-order chi connectivity index (χ0) is 20.4. The summed E-state index contributed by atoms with van der Waals surface area (Å²) in [5.41, 5.74) is 8.72. The Kier molecular flexibility index (Phi) is 5.60. The number of hydrogen-bond donors (Lipinski definition) is 0. The van der Waals surface area contributed by atoms with E-state index in [-0.39, 0.29) is 0 Å². The van der Waals surface area contributed by atoms with Crippen molar-refractivity contribution in [1.82, 2.24) is 0 Å². The fourth-order valence-electron chi connectivity index (χ4n) is 4.65. The van der Waals surface area contributed by atoms with Gasteiger partial charge in [0.05, 0.1) is 11.3 Å². The van der Waals surface area contributed by atoms with Crippen LogP contribution in [0.1, 0.15) is 36.0 Å². The third kappa shape index (κ3) is 3.63. The molecule has 29 heavy (non-hydrogen) atoms. The molecule has 4 rings (SSSR count). The Morgan fingerprint density at radius 3 is 2.03 bits per heavy atom. The first kappa shape index (κ1) is 19.6. The van der Waals surface area contributed by atoms with E-state index in [9.17, 15) is 5.26 Å². The topological polar surface area (TPSA) is 27.0 Å². The Labute approximate surface area is 178 Å². The Bertz CT molecular complexity index is 1060. The summed E-state index contributed by atoms with van der Waals surface area (Å²) in [4.78, 5) is 2.42. The van der Waals surface area contributed by atoms with E-state index in [1.807, 2.05) is 30.3 Å². The molecule has 0 atom stereocenters. The maximum absolute atomic E-state index is 10.3. The summed E-state index contributed by atoms with van der Waals surface area (Å²) in [6, 6.07) is 20.9. The second-order valence-corrected chi connectivity index (χ2v) is 8.19. The van der Waals surface area contributed by atoms with E-state index in [4.69, 9.17) is 11.6 Å². The molecule has 0 bridgehead atoms. The fourth-order valence-corrected chi connectivity index (χ4v) is 4.78. The second-order valence-electron chi connectivity index (χ2n) is 7.76. The van der Waals surface area contributed by atoms with Crippen LogP contribution in [0.2, 0.25) is 5.02 Å². The Balaban J connectivity index is 2.06. The van der Waals surface area contributed by atoms with E-state index in [0.29, 0.717) is 5.02 Å². The molecule has 1 aliphatic heterocycles. The molecule has 2 nitrogen and oxygen atoms in total. The van der Waals surface area contributed by atoms with Crippen LogP contribution in [0.4, 0.5) is 5.69 Å². The van der Waals surface area contributed by atoms with Crippen LogP contribution >= 0.6 is 11.6 Å². The average molecular weight is 401 g/mol. The van der Waals surface area contributed by atoms with Gasteiger partial charge < -0.3 is 4.90 Å². The van der Waals surface area contributed by atoms with Crippen molar-refractivity contribution in [2.45, 2.75) is 33.1 Å². The number of nitrogens with zero attached hydrogens (tertiary/aromatic N) is 2. The normalized spacial score (nSPS) is 13.9. The molecule has 0 N–H and O–H groups in total.